The molecule has 2 aliphatic heterocycles. The Morgan fingerprint density at radius 2 is 2.00 bits per heavy atom. The molecule has 0 aromatic heterocycles. The van der Waals surface area contributed by atoms with Crippen molar-refractivity contribution in [2.24, 2.45) is 0 Å². The Bertz CT molecular complexity index is 1080. The third-order valence-electron chi connectivity index (χ3n) is 6.23. The molecule has 1 unspecified atom stereocenters. The Morgan fingerprint density at radius 3 is 2.72 bits per heavy atom. The van der Waals surface area contributed by atoms with Gasteiger partial charge in [0.25, 0.3) is 5.91 Å². The van der Waals surface area contributed by atoms with Gasteiger partial charge in [-0.25, -0.2) is 4.79 Å². The quantitative estimate of drug-likeness (QED) is 0.726. The first-order chi connectivity index (χ1) is 15.3. The Hall–Kier alpha value is -3.37. The van der Waals surface area contributed by atoms with Crippen molar-refractivity contribution in [1.29, 1.82) is 5.26 Å². The summed E-state index contributed by atoms with van der Waals surface area (Å²) in [5.74, 6) is 0.589. The molecule has 0 saturated carbocycles. The van der Waals surface area contributed by atoms with Crippen LogP contribution in [0, 0.1) is 11.3 Å². The fourth-order valence-corrected chi connectivity index (χ4v) is 4.78. The number of urea groups is 1. The number of hydrogen-bond acceptors (Lipinski definition) is 5. The highest BCUT2D eigenvalue weighted by atomic mass is 16.5. The lowest BCUT2D eigenvalue weighted by Crippen LogP contribution is -2.59. The molecule has 0 radical (unpaired) electrons. The van der Waals surface area contributed by atoms with Gasteiger partial charge in [0.15, 0.2) is 0 Å². The van der Waals surface area contributed by atoms with Gasteiger partial charge in [-0.05, 0) is 69.5 Å². The zero-order valence-corrected chi connectivity index (χ0v) is 18.7. The van der Waals surface area contributed by atoms with E-state index in [-0.39, 0.29) is 18.1 Å². The highest BCUT2D eigenvalue weighted by Crippen LogP contribution is 2.40. The number of rotatable bonds is 5. The van der Waals surface area contributed by atoms with Crippen molar-refractivity contribution in [3.63, 3.8) is 0 Å². The number of nitrogens with one attached hydrogen (secondary N) is 1. The van der Waals surface area contributed by atoms with Crippen molar-refractivity contribution < 1.29 is 14.3 Å². The first-order valence-electron chi connectivity index (χ1n) is 11.0. The van der Waals surface area contributed by atoms with Crippen molar-refractivity contribution >= 4 is 17.6 Å². The number of piperidine rings is 1. The van der Waals surface area contributed by atoms with Crippen molar-refractivity contribution in [3.8, 4) is 11.8 Å². The number of carbonyl (C=O) groups is 2. The zero-order valence-electron chi connectivity index (χ0n) is 18.7. The Balaban J connectivity index is 1.55. The highest BCUT2D eigenvalue weighted by molar-refractivity contribution is 6.17. The normalized spacial score (nSPS) is 23.5. The molecule has 1 N–H and O–H groups in total. The van der Waals surface area contributed by atoms with Gasteiger partial charge in [0.05, 0.1) is 17.7 Å². The van der Waals surface area contributed by atoms with Crippen LogP contribution < -0.4 is 15.0 Å². The number of ether oxygens (including phenoxy) is 1. The van der Waals surface area contributed by atoms with Crippen molar-refractivity contribution in [1.82, 2.24) is 10.2 Å². The molecule has 2 aliphatic rings. The van der Waals surface area contributed by atoms with E-state index in [4.69, 9.17) is 4.74 Å². The van der Waals surface area contributed by atoms with E-state index in [1.807, 2.05) is 26.0 Å². The number of anilines is 1. The molecule has 7 nitrogen and oxygen atoms in total. The van der Waals surface area contributed by atoms with E-state index in [0.29, 0.717) is 30.6 Å². The second-order valence-electron chi connectivity index (χ2n) is 8.88. The Morgan fingerprint density at radius 1 is 1.22 bits per heavy atom. The molecule has 2 saturated heterocycles. The van der Waals surface area contributed by atoms with E-state index in [9.17, 15) is 14.9 Å². The zero-order chi connectivity index (χ0) is 22.9. The van der Waals surface area contributed by atoms with Crippen LogP contribution in [-0.2, 0) is 11.3 Å². The molecular weight excluding hydrogens is 404 g/mol. The molecule has 0 aliphatic carbocycles. The third kappa shape index (κ3) is 4.06. The van der Waals surface area contributed by atoms with Gasteiger partial charge in [-0.15, -0.1) is 0 Å². The van der Waals surface area contributed by atoms with Gasteiger partial charge in [0.2, 0.25) is 0 Å². The first-order valence-corrected chi connectivity index (χ1v) is 11.0. The maximum absolute atomic E-state index is 13.0. The maximum atomic E-state index is 13.0. The maximum Gasteiger partial charge on any atom is 0.329 e. The van der Waals surface area contributed by atoms with Gasteiger partial charge in [0.1, 0.15) is 11.3 Å². The molecule has 7 heteroatoms. The highest BCUT2D eigenvalue weighted by Gasteiger charge is 2.56. The molecule has 166 valence electrons. The summed E-state index contributed by atoms with van der Waals surface area (Å²) in [6.45, 7) is 7.52. The topological polar surface area (TPSA) is 85.7 Å². The SMILES string of the molecule is CC(C)Oc1cccc(CN2CCC3(C[C@@H]2C)C(=O)NC(=O)N3c2cccc(C#N)c2)c1. The second kappa shape index (κ2) is 8.64. The molecule has 2 aromatic carbocycles. The lowest BCUT2D eigenvalue weighted by Gasteiger charge is -2.45. The smallest absolute Gasteiger partial charge is 0.329 e. The first kappa shape index (κ1) is 21.8. The predicted molar refractivity (Wildman–Crippen MR) is 121 cm³/mol. The molecule has 32 heavy (non-hydrogen) atoms. The molecule has 2 aromatic rings. The van der Waals surface area contributed by atoms with Crippen LogP contribution in [0.3, 0.4) is 0 Å². The van der Waals surface area contributed by atoms with Crippen LogP contribution >= 0.6 is 0 Å². The van der Waals surface area contributed by atoms with Gasteiger partial charge in [-0.2, -0.15) is 5.26 Å². The van der Waals surface area contributed by atoms with E-state index >= 15 is 0 Å². The van der Waals surface area contributed by atoms with Crippen molar-refractivity contribution in [2.45, 2.75) is 57.8 Å². The number of nitrogens with zero attached hydrogens (tertiary/aromatic N) is 3. The number of nitriles is 1. The minimum Gasteiger partial charge on any atom is -0.491 e. The number of likely N-dealkylation sites (tertiary alicyclic amines) is 1. The lowest BCUT2D eigenvalue weighted by atomic mass is 9.81. The van der Waals surface area contributed by atoms with Crippen LogP contribution in [0.4, 0.5) is 10.5 Å². The Labute approximate surface area is 188 Å². The van der Waals surface area contributed by atoms with Gasteiger partial charge in [0, 0.05) is 24.8 Å². The molecule has 0 bridgehead atoms. The van der Waals surface area contributed by atoms with Crippen molar-refractivity contribution in [3.05, 3.63) is 59.7 Å². The van der Waals surface area contributed by atoms with Crippen molar-refractivity contribution in [2.75, 3.05) is 11.4 Å². The fourth-order valence-electron chi connectivity index (χ4n) is 4.78. The Kier molecular flexibility index (Phi) is 5.90. The van der Waals surface area contributed by atoms with Gasteiger partial charge >= 0.3 is 6.03 Å². The van der Waals surface area contributed by atoms with E-state index < -0.39 is 11.6 Å². The number of amides is 3. The van der Waals surface area contributed by atoms with E-state index in [0.717, 1.165) is 17.9 Å². The number of hydrogen-bond donors (Lipinski definition) is 1. The summed E-state index contributed by atoms with van der Waals surface area (Å²) in [4.78, 5) is 29.6. The minimum absolute atomic E-state index is 0.0803. The average molecular weight is 433 g/mol. The van der Waals surface area contributed by atoms with E-state index in [2.05, 4.69) is 35.3 Å². The van der Waals surface area contributed by atoms with E-state index in [1.54, 1.807) is 29.2 Å². The molecular formula is C25H28N4O3. The largest absolute Gasteiger partial charge is 0.491 e. The molecule has 4 rings (SSSR count). The summed E-state index contributed by atoms with van der Waals surface area (Å²) in [5, 5.41) is 11.8. The minimum atomic E-state index is -0.941. The lowest BCUT2D eigenvalue weighted by molar-refractivity contribution is -0.125. The second-order valence-corrected chi connectivity index (χ2v) is 8.88. The average Bonchev–Trinajstić information content (AvgIpc) is 2.99. The summed E-state index contributed by atoms with van der Waals surface area (Å²) in [6.07, 6.45) is 1.15. The standard InChI is InChI=1S/C25H28N4O3/c1-17(2)32-22-9-5-7-20(13-22)16-28-11-10-25(14-18(28)3)23(30)27-24(31)29(25)21-8-4-6-19(12-21)15-26/h4-9,12-13,17-18H,10-11,14,16H2,1-3H3,(H,27,30,31)/t18-,25?/m0/s1. The monoisotopic (exact) mass is 432 g/mol. The fraction of sp³-hybridized carbons (Fsp3) is 0.400. The summed E-state index contributed by atoms with van der Waals surface area (Å²) in [5.41, 5.74) is 1.24. The molecule has 2 heterocycles. The van der Waals surface area contributed by atoms with Gasteiger partial charge in [-0.1, -0.05) is 18.2 Å². The van der Waals surface area contributed by atoms with Crippen LogP contribution in [0.2, 0.25) is 0 Å². The third-order valence-corrected chi connectivity index (χ3v) is 6.23. The summed E-state index contributed by atoms with van der Waals surface area (Å²) >= 11 is 0. The van der Waals surface area contributed by atoms with Gasteiger partial charge < -0.3 is 4.74 Å². The van der Waals surface area contributed by atoms with Gasteiger partial charge in [-0.3, -0.25) is 19.9 Å². The number of carbonyl (C=O) groups excluding carboxylic acids is 2. The summed E-state index contributed by atoms with van der Waals surface area (Å²) in [7, 11) is 0. The molecule has 3 amide bonds. The van der Waals surface area contributed by atoms with Crippen LogP contribution in [0.25, 0.3) is 0 Å². The predicted octanol–water partition coefficient (Wildman–Crippen LogP) is 3.82. The molecule has 1 spiro atoms. The van der Waals surface area contributed by atoms with Crippen LogP contribution in [0.1, 0.15) is 44.7 Å². The number of benzene rings is 2. The van der Waals surface area contributed by atoms with Crippen LogP contribution in [0.5, 0.6) is 5.75 Å². The van der Waals surface area contributed by atoms with Crippen LogP contribution in [-0.4, -0.2) is 41.1 Å². The molecule has 2 atom stereocenters. The summed E-state index contributed by atoms with van der Waals surface area (Å²) in [6, 6.07) is 16.7. The van der Waals surface area contributed by atoms with E-state index in [1.165, 1.54) is 0 Å². The molecule has 2 fully saturated rings. The summed E-state index contributed by atoms with van der Waals surface area (Å²) < 4.78 is 5.82. The van der Waals surface area contributed by atoms with Crippen LogP contribution in [0.15, 0.2) is 48.5 Å². The number of imide groups is 1.